The van der Waals surface area contributed by atoms with Crippen LogP contribution in [0.25, 0.3) is 22.6 Å². The Morgan fingerprint density at radius 1 is 1.23 bits per heavy atom. The lowest BCUT2D eigenvalue weighted by Gasteiger charge is -2.26. The molecule has 0 atom stereocenters. The predicted molar refractivity (Wildman–Crippen MR) is 119 cm³/mol. The van der Waals surface area contributed by atoms with E-state index in [1.54, 1.807) is 19.2 Å². The lowest BCUT2D eigenvalue weighted by molar-refractivity contribution is 0.0610. The number of nitrogens with zero attached hydrogens (tertiary/aromatic N) is 4. The zero-order valence-electron chi connectivity index (χ0n) is 17.3. The van der Waals surface area contributed by atoms with Crippen LogP contribution in [0.15, 0.2) is 24.3 Å². The van der Waals surface area contributed by atoms with E-state index in [1.165, 1.54) is 12.1 Å². The Kier molecular flexibility index (Phi) is 7.11. The minimum absolute atomic E-state index is 0. The fraction of sp³-hybridized carbons (Fsp3) is 0.409. The fourth-order valence-electron chi connectivity index (χ4n) is 3.75. The van der Waals surface area contributed by atoms with E-state index in [0.717, 1.165) is 19.3 Å². The van der Waals surface area contributed by atoms with E-state index in [0.29, 0.717) is 48.5 Å². The van der Waals surface area contributed by atoms with Crippen LogP contribution in [0, 0.1) is 17.7 Å². The van der Waals surface area contributed by atoms with E-state index in [2.05, 4.69) is 26.8 Å². The number of rotatable bonds is 4. The Bertz CT molecular complexity index is 1130. The molecule has 1 aliphatic carbocycles. The number of imidazole rings is 1. The summed E-state index contributed by atoms with van der Waals surface area (Å²) in [4.78, 5) is 13.4. The molecule has 0 spiro atoms. The van der Waals surface area contributed by atoms with Crippen molar-refractivity contribution in [2.24, 2.45) is 0 Å². The molecule has 3 N–H and O–H groups in total. The van der Waals surface area contributed by atoms with Crippen molar-refractivity contribution in [1.82, 2.24) is 19.5 Å². The van der Waals surface area contributed by atoms with Crippen molar-refractivity contribution < 1.29 is 14.2 Å². The number of halogens is 2. The average molecular weight is 446 g/mol. The van der Waals surface area contributed by atoms with E-state index in [4.69, 9.17) is 10.5 Å². The summed E-state index contributed by atoms with van der Waals surface area (Å²) in [5.41, 5.74) is 6.68. The van der Waals surface area contributed by atoms with Gasteiger partial charge in [-0.2, -0.15) is 0 Å². The second-order valence-corrected chi connectivity index (χ2v) is 7.54. The number of aliphatic hydroxyl groups is 1. The molecule has 4 rings (SSSR count). The van der Waals surface area contributed by atoms with Crippen molar-refractivity contribution in [1.29, 1.82) is 0 Å². The second-order valence-electron chi connectivity index (χ2n) is 7.54. The van der Waals surface area contributed by atoms with Crippen LogP contribution < -0.4 is 5.73 Å². The first-order chi connectivity index (χ1) is 14.5. The Balaban J connectivity index is 0.00000272. The average Bonchev–Trinajstić information content (AvgIpc) is 3.10. The molecule has 0 saturated heterocycles. The summed E-state index contributed by atoms with van der Waals surface area (Å²) in [6, 6.07) is 6.19. The van der Waals surface area contributed by atoms with Gasteiger partial charge in [0.15, 0.2) is 17.0 Å². The molecule has 2 aromatic heterocycles. The zero-order valence-corrected chi connectivity index (χ0v) is 18.1. The summed E-state index contributed by atoms with van der Waals surface area (Å²) >= 11 is 0. The topological polar surface area (TPSA) is 99.1 Å². The number of ether oxygens (including phenoxy) is 1. The van der Waals surface area contributed by atoms with Gasteiger partial charge in [-0.3, -0.25) is 0 Å². The lowest BCUT2D eigenvalue weighted by atomic mass is 9.85. The Morgan fingerprint density at radius 2 is 2.00 bits per heavy atom. The summed E-state index contributed by atoms with van der Waals surface area (Å²) < 4.78 is 20.8. The summed E-state index contributed by atoms with van der Waals surface area (Å²) in [6.45, 7) is 0.866. The molecule has 0 radical (unpaired) electrons. The maximum atomic E-state index is 13.8. The molecule has 0 aliphatic heterocycles. The van der Waals surface area contributed by atoms with Crippen LogP contribution >= 0.6 is 12.4 Å². The third-order valence-electron chi connectivity index (χ3n) is 5.31. The number of nitrogen functional groups attached to an aromatic ring is 1. The molecule has 0 amide bonds. The zero-order chi connectivity index (χ0) is 21.1. The van der Waals surface area contributed by atoms with Gasteiger partial charge in [-0.15, -0.1) is 12.4 Å². The van der Waals surface area contributed by atoms with Gasteiger partial charge in [0.05, 0.1) is 6.61 Å². The molecule has 0 bridgehead atoms. The third-order valence-corrected chi connectivity index (χ3v) is 5.31. The first-order valence-corrected chi connectivity index (χ1v) is 10.0. The Labute approximate surface area is 186 Å². The molecule has 7 nitrogen and oxygen atoms in total. The fourth-order valence-corrected chi connectivity index (χ4v) is 3.75. The summed E-state index contributed by atoms with van der Waals surface area (Å²) in [6.07, 6.45) is 4.31. The van der Waals surface area contributed by atoms with Crippen molar-refractivity contribution in [3.8, 4) is 23.2 Å². The van der Waals surface area contributed by atoms with Gasteiger partial charge < -0.3 is 20.1 Å². The highest BCUT2D eigenvalue weighted by molar-refractivity contribution is 5.86. The monoisotopic (exact) mass is 445 g/mol. The van der Waals surface area contributed by atoms with E-state index in [-0.39, 0.29) is 29.9 Å². The van der Waals surface area contributed by atoms with Crippen LogP contribution in [0.5, 0.6) is 0 Å². The molecule has 2 heterocycles. The number of hydrogen-bond donors (Lipinski definition) is 2. The second kappa shape index (κ2) is 9.60. The number of anilines is 1. The smallest absolute Gasteiger partial charge is 0.209 e. The molecule has 9 heteroatoms. The molecule has 3 aromatic rings. The van der Waals surface area contributed by atoms with E-state index < -0.39 is 5.60 Å². The maximum absolute atomic E-state index is 13.8. The number of methoxy groups -OCH3 is 1. The van der Waals surface area contributed by atoms with Crippen molar-refractivity contribution in [3.63, 3.8) is 0 Å². The summed E-state index contributed by atoms with van der Waals surface area (Å²) in [5.74, 6) is 6.41. The van der Waals surface area contributed by atoms with Crippen LogP contribution in [0.4, 0.5) is 10.2 Å². The van der Waals surface area contributed by atoms with Gasteiger partial charge in [0, 0.05) is 19.2 Å². The first-order valence-electron chi connectivity index (χ1n) is 10.0. The Morgan fingerprint density at radius 3 is 2.71 bits per heavy atom. The quantitative estimate of drug-likeness (QED) is 0.597. The lowest BCUT2D eigenvalue weighted by Crippen LogP contribution is -2.29. The van der Waals surface area contributed by atoms with E-state index in [1.807, 2.05) is 4.57 Å². The van der Waals surface area contributed by atoms with Crippen LogP contribution in [0.3, 0.4) is 0 Å². The molecule has 1 aromatic carbocycles. The Hall–Kier alpha value is -2.73. The predicted octanol–water partition coefficient (Wildman–Crippen LogP) is 3.33. The summed E-state index contributed by atoms with van der Waals surface area (Å²) in [7, 11) is 1.60. The maximum Gasteiger partial charge on any atom is 0.209 e. The van der Waals surface area contributed by atoms with Gasteiger partial charge in [0.1, 0.15) is 17.2 Å². The van der Waals surface area contributed by atoms with Gasteiger partial charge in [0.25, 0.3) is 0 Å². The molecule has 1 saturated carbocycles. The number of hydrogen-bond acceptors (Lipinski definition) is 6. The largest absolute Gasteiger partial charge is 0.383 e. The van der Waals surface area contributed by atoms with Gasteiger partial charge in [0.2, 0.25) is 5.82 Å². The molecule has 31 heavy (non-hydrogen) atoms. The molecule has 164 valence electrons. The van der Waals surface area contributed by atoms with Gasteiger partial charge >= 0.3 is 0 Å². The molecule has 1 fully saturated rings. The standard InChI is InChI=1S/C22H24FN5O2.ClH/c1-30-13-12-28-20(15-6-5-7-16(23)14-15)27-18-19(24)25-17(26-21(18)28)8-11-22(29)9-3-2-4-10-22;/h5-7,14,29H,2-4,9-10,12-13H2,1H3,(H2,24,25,26);1H. The number of nitrogens with two attached hydrogens (primary N) is 1. The highest BCUT2D eigenvalue weighted by atomic mass is 35.5. The SMILES string of the molecule is COCCn1c(-c2cccc(F)c2)nc2c(N)nc(C#CC3(O)CCCCC3)nc21.Cl. The minimum atomic E-state index is -1.01. The van der Waals surface area contributed by atoms with E-state index >= 15 is 0 Å². The summed E-state index contributed by atoms with van der Waals surface area (Å²) in [5, 5.41) is 10.6. The van der Waals surface area contributed by atoms with Gasteiger partial charge in [-0.25, -0.2) is 19.3 Å². The third kappa shape index (κ3) is 4.96. The number of aromatic nitrogens is 4. The highest BCUT2D eigenvalue weighted by Gasteiger charge is 2.26. The minimum Gasteiger partial charge on any atom is -0.383 e. The van der Waals surface area contributed by atoms with Crippen molar-refractivity contribution in [2.75, 3.05) is 19.5 Å². The molecular weight excluding hydrogens is 421 g/mol. The van der Waals surface area contributed by atoms with Crippen LogP contribution in [0.2, 0.25) is 0 Å². The highest BCUT2D eigenvalue weighted by Crippen LogP contribution is 2.28. The number of benzene rings is 1. The van der Waals surface area contributed by atoms with Gasteiger partial charge in [-0.1, -0.05) is 24.5 Å². The van der Waals surface area contributed by atoms with Crippen LogP contribution in [0.1, 0.15) is 37.9 Å². The molecule has 0 unspecified atom stereocenters. The number of fused-ring (bicyclic) bond motifs is 1. The van der Waals surface area contributed by atoms with Crippen molar-refractivity contribution in [3.05, 3.63) is 35.9 Å². The van der Waals surface area contributed by atoms with Crippen LogP contribution in [-0.4, -0.2) is 43.9 Å². The molecule has 1 aliphatic rings. The van der Waals surface area contributed by atoms with Gasteiger partial charge in [-0.05, 0) is 43.7 Å². The molecular formula is C22H25ClFN5O2. The normalized spacial score (nSPS) is 15.2. The van der Waals surface area contributed by atoms with Crippen LogP contribution in [-0.2, 0) is 11.3 Å². The first kappa shape index (κ1) is 22.9. The van der Waals surface area contributed by atoms with Crippen molar-refractivity contribution >= 4 is 29.4 Å². The van der Waals surface area contributed by atoms with Crippen molar-refractivity contribution in [2.45, 2.75) is 44.2 Å². The van der Waals surface area contributed by atoms with E-state index in [9.17, 15) is 9.50 Å².